The van der Waals surface area contributed by atoms with Crippen molar-refractivity contribution in [2.75, 3.05) is 13.2 Å². The third-order valence-corrected chi connectivity index (χ3v) is 4.46. The number of aliphatic hydroxyl groups is 1. The van der Waals surface area contributed by atoms with Crippen LogP contribution < -0.4 is 9.47 Å². The molecule has 1 unspecified atom stereocenters. The molecule has 0 bridgehead atoms. The van der Waals surface area contributed by atoms with Gasteiger partial charge in [-0.1, -0.05) is 24.9 Å². The Kier molecular flexibility index (Phi) is 7.87. The number of carboxylic acid groups (broad SMARTS) is 1. The Bertz CT molecular complexity index is 895. The van der Waals surface area contributed by atoms with Gasteiger partial charge in [-0.3, -0.25) is 4.79 Å². The molecule has 0 aliphatic rings. The highest BCUT2D eigenvalue weighted by Gasteiger charge is 2.17. The first-order valence-electron chi connectivity index (χ1n) is 9.06. The smallest absolute Gasteiger partial charge is 0.335 e. The lowest BCUT2D eigenvalue weighted by Gasteiger charge is -2.17. The molecule has 0 saturated heterocycles. The number of Topliss-reactive ketones (excluding diaryl/α,β-unsaturated/α-hetero) is 1. The van der Waals surface area contributed by atoms with Crippen molar-refractivity contribution in [3.63, 3.8) is 0 Å². The van der Waals surface area contributed by atoms with E-state index in [1.54, 1.807) is 6.07 Å². The van der Waals surface area contributed by atoms with Crippen molar-refractivity contribution in [3.05, 3.63) is 52.0 Å². The quantitative estimate of drug-likeness (QED) is 0.500. The van der Waals surface area contributed by atoms with E-state index in [4.69, 9.17) is 26.2 Å². The minimum atomic E-state index is -1.10. The van der Waals surface area contributed by atoms with Gasteiger partial charge < -0.3 is 24.8 Å². The highest BCUT2D eigenvalue weighted by atomic mass is 35.5. The van der Waals surface area contributed by atoms with Crippen LogP contribution in [0.4, 0.5) is 0 Å². The lowest BCUT2D eigenvalue weighted by atomic mass is 10.0. The molecule has 0 aliphatic heterocycles. The third kappa shape index (κ3) is 5.85. The van der Waals surface area contributed by atoms with Crippen molar-refractivity contribution in [2.24, 2.45) is 0 Å². The third-order valence-electron chi connectivity index (χ3n) is 4.16. The van der Waals surface area contributed by atoms with Crippen molar-refractivity contribution in [2.45, 2.75) is 32.8 Å². The molecule has 0 spiro atoms. The van der Waals surface area contributed by atoms with Crippen molar-refractivity contribution < 1.29 is 34.4 Å². The number of hydrogen-bond acceptors (Lipinski definition) is 6. The number of carbonyl (C=O) groups is 2. The number of aliphatic hydroxyl groups excluding tert-OH is 1. The molecule has 1 atom stereocenters. The summed E-state index contributed by atoms with van der Waals surface area (Å²) in [7, 11) is 0. The van der Waals surface area contributed by atoms with Crippen molar-refractivity contribution in [1.29, 1.82) is 0 Å². The molecular weight excluding hydrogens is 400 g/mol. The van der Waals surface area contributed by atoms with Crippen molar-refractivity contribution in [3.8, 4) is 17.2 Å². The number of hydrogen-bond donors (Lipinski definition) is 3. The number of phenolic OH excluding ortho intramolecular Hbond substituents is 1. The molecule has 0 fully saturated rings. The molecule has 7 nitrogen and oxygen atoms in total. The lowest BCUT2D eigenvalue weighted by Crippen LogP contribution is -2.25. The Balaban J connectivity index is 2.00. The van der Waals surface area contributed by atoms with Crippen LogP contribution in [0.25, 0.3) is 0 Å². The Labute approximate surface area is 173 Å². The number of halogens is 1. The lowest BCUT2D eigenvalue weighted by molar-refractivity contribution is 0.0621. The van der Waals surface area contributed by atoms with Crippen molar-refractivity contribution >= 4 is 23.4 Å². The van der Waals surface area contributed by atoms with Gasteiger partial charge in [0.15, 0.2) is 5.78 Å². The number of benzene rings is 2. The average Bonchev–Trinajstić information content (AvgIpc) is 2.67. The Hall–Kier alpha value is -2.77. The molecule has 2 aromatic rings. The highest BCUT2D eigenvalue weighted by molar-refractivity contribution is 6.32. The van der Waals surface area contributed by atoms with Gasteiger partial charge in [0.1, 0.15) is 36.6 Å². The monoisotopic (exact) mass is 422 g/mol. The summed E-state index contributed by atoms with van der Waals surface area (Å²) in [5.74, 6) is -0.824. The largest absolute Gasteiger partial charge is 0.507 e. The van der Waals surface area contributed by atoms with E-state index in [1.807, 2.05) is 6.92 Å². The number of rotatable bonds is 10. The number of carboxylic acids is 1. The molecule has 0 amide bonds. The maximum Gasteiger partial charge on any atom is 0.335 e. The molecule has 0 aromatic heterocycles. The summed E-state index contributed by atoms with van der Waals surface area (Å²) in [6.45, 7) is 3.07. The van der Waals surface area contributed by atoms with E-state index in [1.165, 1.54) is 31.2 Å². The number of ketones is 1. The summed E-state index contributed by atoms with van der Waals surface area (Å²) in [5.41, 5.74) is 0.772. The van der Waals surface area contributed by atoms with Gasteiger partial charge in [-0.2, -0.15) is 0 Å². The predicted molar refractivity (Wildman–Crippen MR) is 108 cm³/mol. The van der Waals surface area contributed by atoms with Crippen LogP contribution in [-0.2, 0) is 6.42 Å². The standard InChI is InChI=1S/C21H23ClO7/c1-3-4-16-18(8-6-15(12(2)23)20(16)25)28-10-14(24)11-29-19-7-5-13(21(26)27)9-17(19)22/h5-9,14,24-25H,3-4,10-11H2,1-2H3,(H,26,27). The van der Waals surface area contributed by atoms with Gasteiger partial charge in [-0.15, -0.1) is 0 Å². The van der Waals surface area contributed by atoms with E-state index in [9.17, 15) is 19.8 Å². The summed E-state index contributed by atoms with van der Waals surface area (Å²) in [5, 5.41) is 29.5. The first-order valence-corrected chi connectivity index (χ1v) is 9.44. The summed E-state index contributed by atoms with van der Waals surface area (Å²) in [6, 6.07) is 7.11. The van der Waals surface area contributed by atoms with E-state index >= 15 is 0 Å². The molecule has 2 rings (SSSR count). The second-order valence-electron chi connectivity index (χ2n) is 6.47. The normalized spacial score (nSPS) is 11.7. The summed E-state index contributed by atoms with van der Waals surface area (Å²) in [6.07, 6.45) is 0.247. The van der Waals surface area contributed by atoms with Gasteiger partial charge in [0.05, 0.1) is 16.1 Å². The number of aromatic hydroxyl groups is 1. The van der Waals surface area contributed by atoms with Crippen LogP contribution in [-0.4, -0.2) is 46.4 Å². The van der Waals surface area contributed by atoms with Crippen LogP contribution in [0.15, 0.2) is 30.3 Å². The van der Waals surface area contributed by atoms with Gasteiger partial charge in [-0.25, -0.2) is 4.79 Å². The van der Waals surface area contributed by atoms with Gasteiger partial charge in [-0.05, 0) is 43.7 Å². The molecule has 2 aromatic carbocycles. The molecule has 0 aliphatic carbocycles. The van der Waals surface area contributed by atoms with Crippen LogP contribution >= 0.6 is 11.6 Å². The number of phenols is 1. The topological polar surface area (TPSA) is 113 Å². The van der Waals surface area contributed by atoms with Gasteiger partial charge in [0.25, 0.3) is 0 Å². The van der Waals surface area contributed by atoms with E-state index in [0.29, 0.717) is 17.7 Å². The minimum Gasteiger partial charge on any atom is -0.507 e. The zero-order chi connectivity index (χ0) is 21.6. The van der Waals surface area contributed by atoms with E-state index in [-0.39, 0.29) is 46.6 Å². The fourth-order valence-corrected chi connectivity index (χ4v) is 2.93. The van der Waals surface area contributed by atoms with E-state index in [0.717, 1.165) is 6.42 Å². The van der Waals surface area contributed by atoms with Crippen LogP contribution in [0.5, 0.6) is 17.2 Å². The summed E-state index contributed by atoms with van der Waals surface area (Å²) < 4.78 is 11.0. The first kappa shape index (κ1) is 22.5. The highest BCUT2D eigenvalue weighted by Crippen LogP contribution is 2.33. The van der Waals surface area contributed by atoms with E-state index < -0.39 is 12.1 Å². The van der Waals surface area contributed by atoms with Crippen LogP contribution in [0.1, 0.15) is 46.5 Å². The maximum absolute atomic E-state index is 11.6. The SMILES string of the molecule is CCCc1c(OCC(O)COc2ccc(C(=O)O)cc2Cl)ccc(C(C)=O)c1O. The van der Waals surface area contributed by atoms with Crippen LogP contribution in [0, 0.1) is 0 Å². The van der Waals surface area contributed by atoms with Gasteiger partial charge in [0.2, 0.25) is 0 Å². The Morgan fingerprint density at radius 3 is 2.28 bits per heavy atom. The van der Waals surface area contributed by atoms with E-state index in [2.05, 4.69) is 0 Å². The maximum atomic E-state index is 11.6. The van der Waals surface area contributed by atoms with Gasteiger partial charge >= 0.3 is 5.97 Å². The second kappa shape index (κ2) is 10.1. The van der Waals surface area contributed by atoms with Gasteiger partial charge in [0, 0.05) is 5.56 Å². The minimum absolute atomic E-state index is 0.0310. The fourth-order valence-electron chi connectivity index (χ4n) is 2.70. The Morgan fingerprint density at radius 2 is 1.72 bits per heavy atom. The molecular formula is C21H23ClO7. The fraction of sp³-hybridized carbons (Fsp3) is 0.333. The number of ether oxygens (including phenoxy) is 2. The number of carbonyl (C=O) groups excluding carboxylic acids is 1. The zero-order valence-corrected chi connectivity index (χ0v) is 16.9. The summed E-state index contributed by atoms with van der Waals surface area (Å²) in [4.78, 5) is 22.5. The number of aromatic carboxylic acids is 1. The molecule has 0 radical (unpaired) electrons. The Morgan fingerprint density at radius 1 is 1.10 bits per heavy atom. The van der Waals surface area contributed by atoms with Crippen LogP contribution in [0.2, 0.25) is 5.02 Å². The molecule has 0 heterocycles. The molecule has 3 N–H and O–H groups in total. The predicted octanol–water partition coefficient (Wildman–Crippen LogP) is 3.72. The molecule has 0 saturated carbocycles. The average molecular weight is 423 g/mol. The zero-order valence-electron chi connectivity index (χ0n) is 16.1. The molecule has 156 valence electrons. The first-order chi connectivity index (χ1) is 13.7. The van der Waals surface area contributed by atoms with Crippen molar-refractivity contribution in [1.82, 2.24) is 0 Å². The molecule has 8 heteroatoms. The second-order valence-corrected chi connectivity index (χ2v) is 6.88. The van der Waals surface area contributed by atoms with Crippen LogP contribution in [0.3, 0.4) is 0 Å². The molecule has 29 heavy (non-hydrogen) atoms. The summed E-state index contributed by atoms with van der Waals surface area (Å²) >= 11 is 5.99.